The van der Waals surface area contributed by atoms with Crippen molar-refractivity contribution >= 4 is 34.6 Å². The zero-order valence-corrected chi connectivity index (χ0v) is 15.2. The average molecular weight is 390 g/mol. The number of nitrogens with zero attached hydrogens (tertiary/aromatic N) is 2. The second-order valence-electron chi connectivity index (χ2n) is 6.46. The van der Waals surface area contributed by atoms with Crippen LogP contribution in [0.3, 0.4) is 0 Å². The van der Waals surface area contributed by atoms with Gasteiger partial charge in [-0.15, -0.1) is 0 Å². The van der Waals surface area contributed by atoms with Gasteiger partial charge in [-0.1, -0.05) is 24.3 Å². The molecule has 4 aromatic rings. The molecule has 0 fully saturated rings. The highest BCUT2D eigenvalue weighted by Gasteiger charge is 2.12. The average Bonchev–Trinajstić information content (AvgIpc) is 3.10. The van der Waals surface area contributed by atoms with Crippen molar-refractivity contribution in [2.24, 2.45) is 0 Å². The van der Waals surface area contributed by atoms with E-state index in [2.05, 4.69) is 20.5 Å². The lowest BCUT2D eigenvalue weighted by Crippen LogP contribution is -2.15. The molecule has 0 saturated heterocycles. The molecule has 144 valence electrons. The van der Waals surface area contributed by atoms with E-state index in [1.165, 1.54) is 18.2 Å². The number of aromatic nitrogens is 3. The predicted octanol–water partition coefficient (Wildman–Crippen LogP) is 4.59. The number of carbonyl (C=O) groups excluding carboxylic acids is 1. The first-order valence-electron chi connectivity index (χ1n) is 8.88. The van der Waals surface area contributed by atoms with E-state index >= 15 is 0 Å². The quantitative estimate of drug-likeness (QED) is 0.524. The fraction of sp³-hybridized carbons (Fsp3) is 0.0455. The molecule has 1 amide bonds. The molecule has 2 aromatic heterocycles. The maximum atomic E-state index is 14.4. The molecule has 0 aliphatic heterocycles. The fourth-order valence-electron chi connectivity index (χ4n) is 2.91. The molecule has 4 rings (SSSR count). The van der Waals surface area contributed by atoms with Crippen LogP contribution in [-0.4, -0.2) is 21.1 Å². The van der Waals surface area contributed by atoms with Crippen LogP contribution in [0.15, 0.2) is 60.9 Å². The number of carbonyl (C=O) groups is 1. The number of H-pyrrole nitrogens is 1. The van der Waals surface area contributed by atoms with Crippen LogP contribution in [0.5, 0.6) is 0 Å². The summed E-state index contributed by atoms with van der Waals surface area (Å²) in [6, 6.07) is 12.4. The Morgan fingerprint density at radius 1 is 1.10 bits per heavy atom. The van der Waals surface area contributed by atoms with Crippen LogP contribution >= 0.6 is 0 Å². The summed E-state index contributed by atoms with van der Waals surface area (Å²) in [6.07, 6.45) is 6.82. The van der Waals surface area contributed by atoms with Crippen LogP contribution in [0.2, 0.25) is 0 Å². The number of hydrogen-bond acceptors (Lipinski definition) is 3. The Bertz CT molecular complexity index is 1180. The Balaban J connectivity index is 1.57. The third-order valence-electron chi connectivity index (χ3n) is 4.35. The summed E-state index contributed by atoms with van der Waals surface area (Å²) in [6.45, 7) is 0. The molecule has 29 heavy (non-hydrogen) atoms. The summed E-state index contributed by atoms with van der Waals surface area (Å²) in [5, 5.41) is 10.2. The second-order valence-corrected chi connectivity index (χ2v) is 6.46. The van der Waals surface area contributed by atoms with E-state index in [1.54, 1.807) is 54.9 Å². The van der Waals surface area contributed by atoms with Gasteiger partial charge in [-0.05, 0) is 41.5 Å². The highest BCUT2D eigenvalue weighted by Crippen LogP contribution is 2.25. The van der Waals surface area contributed by atoms with Gasteiger partial charge in [0.15, 0.2) is 0 Å². The molecule has 0 saturated carbocycles. The number of benzene rings is 2. The summed E-state index contributed by atoms with van der Waals surface area (Å²) >= 11 is 0. The van der Waals surface area contributed by atoms with E-state index in [4.69, 9.17) is 0 Å². The van der Waals surface area contributed by atoms with E-state index in [0.717, 1.165) is 11.1 Å². The zero-order valence-electron chi connectivity index (χ0n) is 15.2. The highest BCUT2D eigenvalue weighted by molar-refractivity contribution is 5.97. The van der Waals surface area contributed by atoms with Crippen LogP contribution in [0.4, 0.5) is 14.5 Å². The van der Waals surface area contributed by atoms with Gasteiger partial charge in [0.25, 0.3) is 0 Å². The van der Waals surface area contributed by atoms with Gasteiger partial charge < -0.3 is 5.32 Å². The molecule has 2 N–H and O–H groups in total. The molecule has 0 unspecified atom stereocenters. The van der Waals surface area contributed by atoms with E-state index in [0.29, 0.717) is 16.6 Å². The van der Waals surface area contributed by atoms with E-state index in [1.807, 2.05) is 0 Å². The minimum atomic E-state index is -0.560. The van der Waals surface area contributed by atoms with Gasteiger partial charge in [0.1, 0.15) is 11.6 Å². The van der Waals surface area contributed by atoms with Crippen molar-refractivity contribution in [3.63, 3.8) is 0 Å². The lowest BCUT2D eigenvalue weighted by Gasteiger charge is -2.07. The lowest BCUT2D eigenvalue weighted by molar-refractivity contribution is -0.115. The summed E-state index contributed by atoms with van der Waals surface area (Å²) < 4.78 is 27.4. The molecule has 0 radical (unpaired) electrons. The van der Waals surface area contributed by atoms with Crippen LogP contribution < -0.4 is 5.32 Å². The molecule has 5 nitrogen and oxygen atoms in total. The summed E-state index contributed by atoms with van der Waals surface area (Å²) in [5.41, 5.74) is 2.69. The van der Waals surface area contributed by atoms with Gasteiger partial charge in [0.2, 0.25) is 5.91 Å². The first-order valence-corrected chi connectivity index (χ1v) is 8.88. The van der Waals surface area contributed by atoms with E-state index in [9.17, 15) is 13.6 Å². The zero-order chi connectivity index (χ0) is 20.2. The number of rotatable bonds is 5. The maximum Gasteiger partial charge on any atom is 0.228 e. The minimum Gasteiger partial charge on any atom is -0.323 e. The molecule has 0 spiro atoms. The van der Waals surface area contributed by atoms with Crippen molar-refractivity contribution < 1.29 is 13.6 Å². The normalized spacial score (nSPS) is 11.2. The number of nitrogens with one attached hydrogen (secondary N) is 2. The van der Waals surface area contributed by atoms with Crippen LogP contribution in [0, 0.1) is 11.6 Å². The lowest BCUT2D eigenvalue weighted by atomic mass is 10.1. The van der Waals surface area contributed by atoms with Gasteiger partial charge in [-0.3, -0.25) is 14.9 Å². The van der Waals surface area contributed by atoms with Crippen LogP contribution in [-0.2, 0) is 11.2 Å². The molecule has 2 heterocycles. The van der Waals surface area contributed by atoms with Gasteiger partial charge in [0, 0.05) is 23.8 Å². The number of aromatic amines is 1. The Morgan fingerprint density at radius 2 is 1.93 bits per heavy atom. The second kappa shape index (κ2) is 8.02. The van der Waals surface area contributed by atoms with Gasteiger partial charge in [-0.2, -0.15) is 5.10 Å². The number of hydrogen-bond donors (Lipinski definition) is 2. The van der Waals surface area contributed by atoms with Gasteiger partial charge >= 0.3 is 0 Å². The SMILES string of the molecule is O=C(Cc1cccnc1)Nc1cc2c(C=Cc3ccc(F)cc3)n[nH]c2cc1F. The Labute approximate surface area is 165 Å². The number of anilines is 1. The highest BCUT2D eigenvalue weighted by atomic mass is 19.1. The van der Waals surface area contributed by atoms with Crippen molar-refractivity contribution in [1.82, 2.24) is 15.2 Å². The van der Waals surface area contributed by atoms with Crippen molar-refractivity contribution in [3.8, 4) is 0 Å². The van der Waals surface area contributed by atoms with Crippen molar-refractivity contribution in [2.75, 3.05) is 5.32 Å². The Morgan fingerprint density at radius 3 is 2.69 bits per heavy atom. The number of amides is 1. The Kier molecular flexibility index (Phi) is 5.11. The summed E-state index contributed by atoms with van der Waals surface area (Å²) in [7, 11) is 0. The van der Waals surface area contributed by atoms with Crippen molar-refractivity contribution in [3.05, 3.63) is 89.4 Å². The number of fused-ring (bicyclic) bond motifs is 1. The molecular weight excluding hydrogens is 374 g/mol. The molecule has 7 heteroatoms. The molecule has 0 atom stereocenters. The fourth-order valence-corrected chi connectivity index (χ4v) is 2.91. The molecule has 0 aliphatic carbocycles. The van der Waals surface area contributed by atoms with Gasteiger partial charge in [-0.25, -0.2) is 8.78 Å². The number of halogens is 2. The van der Waals surface area contributed by atoms with Gasteiger partial charge in [0.05, 0.1) is 23.3 Å². The smallest absolute Gasteiger partial charge is 0.228 e. The minimum absolute atomic E-state index is 0.0734. The Hall–Kier alpha value is -3.87. The summed E-state index contributed by atoms with van der Waals surface area (Å²) in [5.74, 6) is -1.22. The topological polar surface area (TPSA) is 70.7 Å². The molecule has 0 bridgehead atoms. The third kappa shape index (κ3) is 4.35. The molecule has 0 aliphatic rings. The monoisotopic (exact) mass is 390 g/mol. The van der Waals surface area contributed by atoms with Crippen molar-refractivity contribution in [2.45, 2.75) is 6.42 Å². The van der Waals surface area contributed by atoms with Crippen LogP contribution in [0.1, 0.15) is 16.8 Å². The predicted molar refractivity (Wildman–Crippen MR) is 108 cm³/mol. The van der Waals surface area contributed by atoms with Crippen molar-refractivity contribution in [1.29, 1.82) is 0 Å². The third-order valence-corrected chi connectivity index (χ3v) is 4.35. The number of pyridine rings is 1. The standard InChI is InChI=1S/C22H16F2N4O/c23-16-6-3-14(4-7-16)5-8-19-17-11-21(18(24)12-20(17)28-27-19)26-22(29)10-15-2-1-9-25-13-15/h1-9,11-13H,10H2,(H,26,29)(H,27,28). The first-order chi connectivity index (χ1) is 14.1. The molecule has 2 aromatic carbocycles. The summed E-state index contributed by atoms with van der Waals surface area (Å²) in [4.78, 5) is 16.2. The largest absolute Gasteiger partial charge is 0.323 e. The first kappa shape index (κ1) is 18.5. The van der Waals surface area contributed by atoms with E-state index in [-0.39, 0.29) is 23.8 Å². The van der Waals surface area contributed by atoms with Crippen LogP contribution in [0.25, 0.3) is 23.1 Å². The molecular formula is C22H16F2N4O. The van der Waals surface area contributed by atoms with E-state index < -0.39 is 5.82 Å². The maximum absolute atomic E-state index is 14.4.